The standard InChI is InChI=1S/C14H25N3/c1-3-7-16-14(11-15)6-4-13(9-14)17-8-5-12(2)10-17/h12-13,16H,3-10H2,1-2H3. The molecule has 1 saturated carbocycles. The molecular weight excluding hydrogens is 210 g/mol. The molecule has 0 aromatic rings. The van der Waals surface area contributed by atoms with Crippen LogP contribution in [0.25, 0.3) is 0 Å². The number of hydrogen-bond donors (Lipinski definition) is 1. The molecule has 17 heavy (non-hydrogen) atoms. The topological polar surface area (TPSA) is 39.1 Å². The minimum atomic E-state index is -0.230. The zero-order valence-corrected chi connectivity index (χ0v) is 11.2. The van der Waals surface area contributed by atoms with Crippen LogP contribution in [0.4, 0.5) is 0 Å². The highest BCUT2D eigenvalue weighted by molar-refractivity contribution is 5.13. The molecule has 2 rings (SSSR count). The first-order valence-corrected chi connectivity index (χ1v) is 7.09. The van der Waals surface area contributed by atoms with Crippen LogP contribution < -0.4 is 5.32 Å². The predicted molar refractivity (Wildman–Crippen MR) is 69.6 cm³/mol. The van der Waals surface area contributed by atoms with Crippen molar-refractivity contribution in [3.05, 3.63) is 0 Å². The van der Waals surface area contributed by atoms with E-state index in [0.717, 1.165) is 31.7 Å². The van der Waals surface area contributed by atoms with Crippen LogP contribution in [0.5, 0.6) is 0 Å². The number of nitrogens with zero attached hydrogens (tertiary/aromatic N) is 2. The fourth-order valence-corrected chi connectivity index (χ4v) is 3.30. The first-order valence-electron chi connectivity index (χ1n) is 7.09. The van der Waals surface area contributed by atoms with Crippen molar-refractivity contribution in [1.82, 2.24) is 10.2 Å². The van der Waals surface area contributed by atoms with Crippen molar-refractivity contribution in [3.63, 3.8) is 0 Å². The summed E-state index contributed by atoms with van der Waals surface area (Å²) in [5.74, 6) is 0.843. The fourth-order valence-electron chi connectivity index (χ4n) is 3.30. The minimum absolute atomic E-state index is 0.230. The van der Waals surface area contributed by atoms with Gasteiger partial charge in [0.25, 0.3) is 0 Å². The lowest BCUT2D eigenvalue weighted by Gasteiger charge is -2.26. The van der Waals surface area contributed by atoms with E-state index in [0.29, 0.717) is 6.04 Å². The van der Waals surface area contributed by atoms with Gasteiger partial charge in [-0.3, -0.25) is 5.32 Å². The zero-order valence-electron chi connectivity index (χ0n) is 11.2. The average Bonchev–Trinajstić information content (AvgIpc) is 2.93. The quantitative estimate of drug-likeness (QED) is 0.811. The van der Waals surface area contributed by atoms with E-state index in [4.69, 9.17) is 0 Å². The van der Waals surface area contributed by atoms with Crippen molar-refractivity contribution >= 4 is 0 Å². The van der Waals surface area contributed by atoms with E-state index in [1.54, 1.807) is 0 Å². The number of rotatable bonds is 4. The van der Waals surface area contributed by atoms with Gasteiger partial charge in [-0.05, 0) is 51.1 Å². The SMILES string of the molecule is CCCNC1(C#N)CCC(N2CCC(C)C2)C1. The van der Waals surface area contributed by atoms with Crippen LogP contribution in [0.2, 0.25) is 0 Å². The van der Waals surface area contributed by atoms with Crippen molar-refractivity contribution < 1.29 is 0 Å². The lowest BCUT2D eigenvalue weighted by molar-refractivity contribution is 0.230. The second-order valence-corrected chi connectivity index (χ2v) is 5.91. The van der Waals surface area contributed by atoms with Crippen molar-refractivity contribution in [1.29, 1.82) is 5.26 Å². The predicted octanol–water partition coefficient (Wildman–Crippen LogP) is 2.14. The highest BCUT2D eigenvalue weighted by Gasteiger charge is 2.42. The number of hydrogen-bond acceptors (Lipinski definition) is 3. The molecule has 0 aromatic carbocycles. The van der Waals surface area contributed by atoms with Gasteiger partial charge in [-0.15, -0.1) is 0 Å². The fraction of sp³-hybridized carbons (Fsp3) is 0.929. The van der Waals surface area contributed by atoms with Gasteiger partial charge >= 0.3 is 0 Å². The molecule has 0 aromatic heterocycles. The average molecular weight is 235 g/mol. The number of nitriles is 1. The number of likely N-dealkylation sites (tertiary alicyclic amines) is 1. The van der Waals surface area contributed by atoms with E-state index in [1.165, 1.54) is 25.9 Å². The van der Waals surface area contributed by atoms with Crippen LogP contribution in [0.3, 0.4) is 0 Å². The Kier molecular flexibility index (Phi) is 4.06. The Morgan fingerprint density at radius 3 is 2.88 bits per heavy atom. The molecule has 3 unspecified atom stereocenters. The van der Waals surface area contributed by atoms with Crippen LogP contribution in [-0.2, 0) is 0 Å². The van der Waals surface area contributed by atoms with Crippen LogP contribution in [0, 0.1) is 17.2 Å². The molecule has 3 heteroatoms. The summed E-state index contributed by atoms with van der Waals surface area (Å²) in [6, 6.07) is 3.18. The third-order valence-electron chi connectivity index (χ3n) is 4.39. The maximum absolute atomic E-state index is 9.42. The molecule has 1 N–H and O–H groups in total. The molecule has 1 heterocycles. The van der Waals surface area contributed by atoms with Crippen molar-refractivity contribution in [3.8, 4) is 6.07 Å². The molecule has 1 aliphatic carbocycles. The van der Waals surface area contributed by atoms with Crippen LogP contribution >= 0.6 is 0 Å². The van der Waals surface area contributed by atoms with Gasteiger partial charge in [-0.25, -0.2) is 0 Å². The molecule has 1 aliphatic heterocycles. The van der Waals surface area contributed by atoms with Crippen LogP contribution in [0.15, 0.2) is 0 Å². The van der Waals surface area contributed by atoms with E-state index in [1.807, 2.05) is 0 Å². The van der Waals surface area contributed by atoms with Gasteiger partial charge in [0.2, 0.25) is 0 Å². The molecule has 96 valence electrons. The Balaban J connectivity index is 1.91. The molecule has 2 fully saturated rings. The summed E-state index contributed by atoms with van der Waals surface area (Å²) in [4.78, 5) is 2.61. The Labute approximate surface area is 105 Å². The Morgan fingerprint density at radius 1 is 1.47 bits per heavy atom. The van der Waals surface area contributed by atoms with Crippen molar-refractivity contribution in [2.45, 2.75) is 57.5 Å². The summed E-state index contributed by atoms with van der Waals surface area (Å²) in [5.41, 5.74) is -0.230. The minimum Gasteiger partial charge on any atom is -0.300 e. The van der Waals surface area contributed by atoms with E-state index >= 15 is 0 Å². The van der Waals surface area contributed by atoms with Gasteiger partial charge in [0.15, 0.2) is 0 Å². The first-order chi connectivity index (χ1) is 8.19. The van der Waals surface area contributed by atoms with Gasteiger partial charge in [0.05, 0.1) is 6.07 Å². The summed E-state index contributed by atoms with van der Waals surface area (Å²) in [7, 11) is 0. The Morgan fingerprint density at radius 2 is 2.29 bits per heavy atom. The lowest BCUT2D eigenvalue weighted by atomic mass is 9.99. The molecular formula is C14H25N3. The second-order valence-electron chi connectivity index (χ2n) is 5.91. The molecule has 2 aliphatic rings. The highest BCUT2D eigenvalue weighted by atomic mass is 15.2. The highest BCUT2D eigenvalue weighted by Crippen LogP contribution is 2.35. The second kappa shape index (κ2) is 5.37. The van der Waals surface area contributed by atoms with E-state index in [9.17, 15) is 5.26 Å². The Bertz CT molecular complexity index is 296. The molecule has 0 radical (unpaired) electrons. The van der Waals surface area contributed by atoms with Gasteiger partial charge in [0.1, 0.15) is 5.54 Å². The maximum Gasteiger partial charge on any atom is 0.108 e. The van der Waals surface area contributed by atoms with Gasteiger partial charge in [-0.1, -0.05) is 13.8 Å². The summed E-state index contributed by atoms with van der Waals surface area (Å²) >= 11 is 0. The smallest absolute Gasteiger partial charge is 0.108 e. The molecule has 0 spiro atoms. The molecule has 1 saturated heterocycles. The third-order valence-corrected chi connectivity index (χ3v) is 4.39. The zero-order chi connectivity index (χ0) is 12.3. The van der Waals surface area contributed by atoms with E-state index in [-0.39, 0.29) is 5.54 Å². The summed E-state index contributed by atoms with van der Waals surface area (Å²) < 4.78 is 0. The van der Waals surface area contributed by atoms with Crippen molar-refractivity contribution in [2.24, 2.45) is 5.92 Å². The molecule has 0 amide bonds. The maximum atomic E-state index is 9.42. The van der Waals surface area contributed by atoms with Crippen LogP contribution in [0.1, 0.15) is 46.0 Å². The first kappa shape index (κ1) is 12.9. The molecule has 3 nitrogen and oxygen atoms in total. The third kappa shape index (κ3) is 2.81. The lowest BCUT2D eigenvalue weighted by Crippen LogP contribution is -2.44. The normalized spacial score (nSPS) is 38.4. The van der Waals surface area contributed by atoms with Crippen LogP contribution in [-0.4, -0.2) is 36.1 Å². The van der Waals surface area contributed by atoms with Gasteiger partial charge < -0.3 is 4.90 Å². The van der Waals surface area contributed by atoms with E-state index in [2.05, 4.69) is 30.1 Å². The van der Waals surface area contributed by atoms with E-state index < -0.39 is 0 Å². The molecule has 3 atom stereocenters. The van der Waals surface area contributed by atoms with Gasteiger partial charge in [0, 0.05) is 12.6 Å². The van der Waals surface area contributed by atoms with Crippen molar-refractivity contribution in [2.75, 3.05) is 19.6 Å². The largest absolute Gasteiger partial charge is 0.300 e. The summed E-state index contributed by atoms with van der Waals surface area (Å²) in [6.45, 7) is 7.94. The summed E-state index contributed by atoms with van der Waals surface area (Å²) in [6.07, 6.45) is 5.68. The summed E-state index contributed by atoms with van der Waals surface area (Å²) in [5, 5.41) is 12.9. The number of nitrogens with one attached hydrogen (secondary N) is 1. The Hall–Kier alpha value is -0.590. The monoisotopic (exact) mass is 235 g/mol. The van der Waals surface area contributed by atoms with Gasteiger partial charge in [-0.2, -0.15) is 5.26 Å². The molecule has 0 bridgehead atoms.